The summed E-state index contributed by atoms with van der Waals surface area (Å²) in [4.78, 5) is 7.84. The van der Waals surface area contributed by atoms with Crippen LogP contribution in [0, 0.1) is 17.3 Å². The molecule has 0 spiro atoms. The van der Waals surface area contributed by atoms with Gasteiger partial charge >= 0.3 is 0 Å². The summed E-state index contributed by atoms with van der Waals surface area (Å²) < 4.78 is 0. The van der Waals surface area contributed by atoms with Crippen molar-refractivity contribution in [3.8, 4) is 0 Å². The van der Waals surface area contributed by atoms with Gasteiger partial charge in [0.1, 0.15) is 0 Å². The monoisotopic (exact) mass is 295 g/mol. The number of hydrogen-bond acceptors (Lipinski definition) is 3. The van der Waals surface area contributed by atoms with Gasteiger partial charge in [0, 0.05) is 39.3 Å². The average molecular weight is 296 g/mol. The predicted octanol–water partition coefficient (Wildman–Crippen LogP) is 2.63. The van der Waals surface area contributed by atoms with Crippen LogP contribution in [-0.4, -0.2) is 74.1 Å². The predicted molar refractivity (Wildman–Crippen MR) is 91.7 cm³/mol. The van der Waals surface area contributed by atoms with Crippen LogP contribution in [0.1, 0.15) is 40.5 Å². The number of piperidine rings is 1. The van der Waals surface area contributed by atoms with Gasteiger partial charge in [-0.05, 0) is 50.2 Å². The molecule has 2 heterocycles. The average Bonchev–Trinajstić information content (AvgIpc) is 2.40. The smallest absolute Gasteiger partial charge is 0.0110 e. The first-order valence-corrected chi connectivity index (χ1v) is 9.00. The van der Waals surface area contributed by atoms with Crippen molar-refractivity contribution in [1.82, 2.24) is 14.7 Å². The minimum Gasteiger partial charge on any atom is -0.306 e. The highest BCUT2D eigenvalue weighted by atomic mass is 15.3. The van der Waals surface area contributed by atoms with Crippen molar-refractivity contribution >= 4 is 0 Å². The van der Waals surface area contributed by atoms with E-state index in [4.69, 9.17) is 0 Å². The van der Waals surface area contributed by atoms with Gasteiger partial charge in [0.15, 0.2) is 0 Å². The Kier molecular flexibility index (Phi) is 6.10. The molecule has 0 unspecified atom stereocenters. The minimum absolute atomic E-state index is 0.474. The van der Waals surface area contributed by atoms with Crippen molar-refractivity contribution in [2.75, 3.05) is 59.4 Å². The standard InChI is InChI=1S/C18H37N3/c1-16(2)14-20-10-12-21(13-11-20)15-18(3,4)17-6-8-19(5)9-7-17/h16-17H,6-15H2,1-5H3. The Bertz CT molecular complexity index is 298. The lowest BCUT2D eigenvalue weighted by atomic mass is 9.73. The molecular weight excluding hydrogens is 258 g/mol. The molecule has 0 aliphatic carbocycles. The summed E-state index contributed by atoms with van der Waals surface area (Å²) in [6.45, 7) is 19.9. The molecule has 0 aromatic carbocycles. The van der Waals surface area contributed by atoms with Crippen LogP contribution < -0.4 is 0 Å². The van der Waals surface area contributed by atoms with Gasteiger partial charge in [-0.15, -0.1) is 0 Å². The highest BCUT2D eigenvalue weighted by Gasteiger charge is 2.34. The second-order valence-electron chi connectivity index (χ2n) is 8.54. The van der Waals surface area contributed by atoms with Crippen LogP contribution in [-0.2, 0) is 0 Å². The maximum Gasteiger partial charge on any atom is 0.0110 e. The second kappa shape index (κ2) is 7.43. The molecule has 2 rings (SSSR count). The van der Waals surface area contributed by atoms with Crippen molar-refractivity contribution < 1.29 is 0 Å². The first-order chi connectivity index (χ1) is 9.87. The number of hydrogen-bond donors (Lipinski definition) is 0. The maximum absolute atomic E-state index is 2.72. The van der Waals surface area contributed by atoms with E-state index in [1.165, 1.54) is 65.2 Å². The lowest BCUT2D eigenvalue weighted by Gasteiger charge is -2.44. The number of rotatable bonds is 5. The van der Waals surface area contributed by atoms with Crippen molar-refractivity contribution in [3.05, 3.63) is 0 Å². The summed E-state index contributed by atoms with van der Waals surface area (Å²) in [5.41, 5.74) is 0.474. The molecule has 0 atom stereocenters. The molecule has 3 nitrogen and oxygen atoms in total. The maximum atomic E-state index is 2.72. The summed E-state index contributed by atoms with van der Waals surface area (Å²) in [5, 5.41) is 0. The zero-order chi connectivity index (χ0) is 15.5. The van der Waals surface area contributed by atoms with Gasteiger partial charge in [-0.3, -0.25) is 0 Å². The van der Waals surface area contributed by atoms with Crippen LogP contribution in [0.25, 0.3) is 0 Å². The number of likely N-dealkylation sites (tertiary alicyclic amines) is 1. The van der Waals surface area contributed by atoms with E-state index in [2.05, 4.69) is 49.4 Å². The van der Waals surface area contributed by atoms with Crippen LogP contribution in [0.15, 0.2) is 0 Å². The summed E-state index contributed by atoms with van der Waals surface area (Å²) in [6, 6.07) is 0. The van der Waals surface area contributed by atoms with Crippen LogP contribution in [0.4, 0.5) is 0 Å². The summed E-state index contributed by atoms with van der Waals surface area (Å²) >= 11 is 0. The third-order valence-electron chi connectivity index (χ3n) is 5.54. The molecule has 2 saturated heterocycles. The van der Waals surface area contributed by atoms with E-state index in [0.29, 0.717) is 5.41 Å². The largest absolute Gasteiger partial charge is 0.306 e. The van der Waals surface area contributed by atoms with E-state index >= 15 is 0 Å². The van der Waals surface area contributed by atoms with E-state index in [1.807, 2.05) is 0 Å². The van der Waals surface area contributed by atoms with E-state index in [-0.39, 0.29) is 0 Å². The Morgan fingerprint density at radius 1 is 0.905 bits per heavy atom. The number of nitrogens with zero attached hydrogens (tertiary/aromatic N) is 3. The molecule has 2 fully saturated rings. The third-order valence-corrected chi connectivity index (χ3v) is 5.54. The van der Waals surface area contributed by atoms with Gasteiger partial charge in [0.25, 0.3) is 0 Å². The van der Waals surface area contributed by atoms with Gasteiger partial charge < -0.3 is 14.7 Å². The molecule has 3 heteroatoms. The summed E-state index contributed by atoms with van der Waals surface area (Å²) in [5.74, 6) is 1.70. The first kappa shape index (κ1) is 17.2. The SMILES string of the molecule is CC(C)CN1CCN(CC(C)(C)C2CCN(C)CC2)CC1. The second-order valence-corrected chi connectivity index (χ2v) is 8.54. The Morgan fingerprint density at radius 3 is 1.95 bits per heavy atom. The van der Waals surface area contributed by atoms with Gasteiger partial charge in [-0.1, -0.05) is 27.7 Å². The fourth-order valence-electron chi connectivity index (χ4n) is 4.14. The molecule has 0 amide bonds. The van der Waals surface area contributed by atoms with Crippen LogP contribution in [0.5, 0.6) is 0 Å². The molecule has 0 saturated carbocycles. The van der Waals surface area contributed by atoms with E-state index < -0.39 is 0 Å². The quantitative estimate of drug-likeness (QED) is 0.772. The minimum atomic E-state index is 0.474. The lowest BCUT2D eigenvalue weighted by Crippen LogP contribution is -2.51. The van der Waals surface area contributed by atoms with E-state index in [0.717, 1.165) is 11.8 Å². The number of piperazine rings is 1. The first-order valence-electron chi connectivity index (χ1n) is 9.00. The molecule has 0 bridgehead atoms. The van der Waals surface area contributed by atoms with Gasteiger partial charge in [-0.25, -0.2) is 0 Å². The van der Waals surface area contributed by atoms with Gasteiger partial charge in [0.2, 0.25) is 0 Å². The topological polar surface area (TPSA) is 9.72 Å². The molecule has 0 N–H and O–H groups in total. The van der Waals surface area contributed by atoms with Gasteiger partial charge in [0.05, 0.1) is 0 Å². The van der Waals surface area contributed by atoms with Crippen LogP contribution in [0.2, 0.25) is 0 Å². The van der Waals surface area contributed by atoms with E-state index in [1.54, 1.807) is 0 Å². The molecule has 2 aliphatic rings. The fraction of sp³-hybridized carbons (Fsp3) is 1.00. The van der Waals surface area contributed by atoms with Crippen molar-refractivity contribution in [2.24, 2.45) is 17.3 Å². The molecule has 0 aromatic rings. The Hall–Kier alpha value is -0.120. The van der Waals surface area contributed by atoms with Gasteiger partial charge in [-0.2, -0.15) is 0 Å². The van der Waals surface area contributed by atoms with Crippen LogP contribution >= 0.6 is 0 Å². The lowest BCUT2D eigenvalue weighted by molar-refractivity contribution is 0.0444. The zero-order valence-corrected chi connectivity index (χ0v) is 15.1. The molecule has 2 aliphatic heterocycles. The zero-order valence-electron chi connectivity index (χ0n) is 15.1. The van der Waals surface area contributed by atoms with Crippen molar-refractivity contribution in [3.63, 3.8) is 0 Å². The summed E-state index contributed by atoms with van der Waals surface area (Å²) in [6.07, 6.45) is 2.77. The Morgan fingerprint density at radius 2 is 1.43 bits per heavy atom. The summed E-state index contributed by atoms with van der Waals surface area (Å²) in [7, 11) is 2.26. The van der Waals surface area contributed by atoms with E-state index in [9.17, 15) is 0 Å². The van der Waals surface area contributed by atoms with Crippen molar-refractivity contribution in [2.45, 2.75) is 40.5 Å². The highest BCUT2D eigenvalue weighted by molar-refractivity contribution is 4.86. The highest BCUT2D eigenvalue weighted by Crippen LogP contribution is 2.35. The molecular formula is C18H37N3. The fourth-order valence-corrected chi connectivity index (χ4v) is 4.14. The molecule has 0 radical (unpaired) electrons. The molecule has 21 heavy (non-hydrogen) atoms. The Labute approximate surface area is 132 Å². The normalized spacial score (nSPS) is 24.9. The van der Waals surface area contributed by atoms with Crippen molar-refractivity contribution in [1.29, 1.82) is 0 Å². The van der Waals surface area contributed by atoms with Crippen LogP contribution in [0.3, 0.4) is 0 Å². The molecule has 124 valence electrons. The third kappa shape index (κ3) is 5.22. The molecule has 0 aromatic heterocycles. The Balaban J connectivity index is 1.76.